The summed E-state index contributed by atoms with van der Waals surface area (Å²) in [6, 6.07) is 7.17. The number of para-hydroxylation sites is 1. The minimum Gasteiger partial charge on any atom is -0.450 e. The molecule has 0 spiro atoms. The first-order chi connectivity index (χ1) is 15.2. The van der Waals surface area contributed by atoms with Crippen molar-refractivity contribution in [1.29, 1.82) is 0 Å². The van der Waals surface area contributed by atoms with Gasteiger partial charge in [0.25, 0.3) is 0 Å². The van der Waals surface area contributed by atoms with E-state index in [1.54, 1.807) is 18.2 Å². The number of aromatic nitrogens is 1. The lowest BCUT2D eigenvalue weighted by atomic mass is 10.0. The predicted molar refractivity (Wildman–Crippen MR) is 125 cm³/mol. The Morgan fingerprint density at radius 2 is 1.29 bits per heavy atom. The lowest BCUT2D eigenvalue weighted by Gasteiger charge is -2.05. The fraction of sp³-hybridized carbons (Fsp3) is 0.667. The number of fused-ring (bicyclic) bond motifs is 1. The molecule has 1 aromatic carbocycles. The van der Waals surface area contributed by atoms with Crippen molar-refractivity contribution in [2.45, 2.75) is 96.8 Å². The second-order valence-electron chi connectivity index (χ2n) is 7.80. The monoisotopic (exact) mass is 451 g/mol. The van der Waals surface area contributed by atoms with Gasteiger partial charge in [0.2, 0.25) is 0 Å². The van der Waals surface area contributed by atoms with Gasteiger partial charge in [-0.25, -0.2) is 4.79 Å². The summed E-state index contributed by atoms with van der Waals surface area (Å²) in [6.07, 6.45) is 18.7. The van der Waals surface area contributed by atoms with Gasteiger partial charge in [-0.2, -0.15) is 13.4 Å². The zero-order chi connectivity index (χ0) is 22.6. The molecule has 1 heterocycles. The molecule has 0 fully saturated rings. The van der Waals surface area contributed by atoms with Crippen LogP contribution in [-0.4, -0.2) is 20.0 Å². The quantitative estimate of drug-likeness (QED) is 0.275. The van der Waals surface area contributed by atoms with Crippen LogP contribution in [0.1, 0.15) is 96.8 Å². The highest BCUT2D eigenvalue weighted by molar-refractivity contribution is 7.51. The molecule has 31 heavy (non-hydrogen) atoms. The molecule has 0 N–H and O–H groups in total. The van der Waals surface area contributed by atoms with Gasteiger partial charge in [0, 0.05) is 0 Å². The average Bonchev–Trinajstić information content (AvgIpc) is 2.77. The van der Waals surface area contributed by atoms with E-state index < -0.39 is 11.6 Å². The molecule has 0 unspecified atom stereocenters. The van der Waals surface area contributed by atoms with E-state index in [4.69, 9.17) is 17.6 Å². The first-order valence-electron chi connectivity index (χ1n) is 11.7. The van der Waals surface area contributed by atoms with Crippen molar-refractivity contribution >= 4 is 22.5 Å². The van der Waals surface area contributed by atoms with Crippen molar-refractivity contribution < 1.29 is 17.6 Å². The van der Waals surface area contributed by atoms with Crippen LogP contribution in [0.2, 0.25) is 0 Å². The minimum absolute atomic E-state index is 0.0818. The Bertz CT molecular complexity index is 802. The second-order valence-corrected chi connectivity index (χ2v) is 7.93. The zero-order valence-corrected chi connectivity index (χ0v) is 19.6. The number of hydrogen-bond acceptors (Lipinski definition) is 6. The molecular weight excluding hydrogens is 414 g/mol. The molecule has 0 amide bonds. The molecule has 0 saturated heterocycles. The highest BCUT2D eigenvalue weighted by atomic mass is 32.1. The molecule has 7 heteroatoms. The molecule has 1 aromatic heterocycles. The van der Waals surface area contributed by atoms with Gasteiger partial charge in [0.15, 0.2) is 0 Å². The summed E-state index contributed by atoms with van der Waals surface area (Å²) in [5.41, 5.74) is 0.233. The third-order valence-corrected chi connectivity index (χ3v) is 5.24. The Kier molecular flexibility index (Phi) is 16.3. The largest absolute Gasteiger partial charge is 0.450 e. The second kappa shape index (κ2) is 18.7. The van der Waals surface area contributed by atoms with Crippen LogP contribution in [0.25, 0.3) is 10.9 Å². The average molecular weight is 452 g/mol. The number of unbranched alkanes of at least 4 members (excludes halogenated alkanes) is 13. The van der Waals surface area contributed by atoms with Gasteiger partial charge in [-0.3, -0.25) is 0 Å². The maximum absolute atomic E-state index is 11.9. The number of nitrogens with zero attached hydrogens (tertiary/aromatic N) is 1. The summed E-state index contributed by atoms with van der Waals surface area (Å²) in [7, 11) is 0. The summed E-state index contributed by atoms with van der Waals surface area (Å²) in [4.78, 5) is 16.1. The highest BCUT2D eigenvalue weighted by Crippen LogP contribution is 2.14. The van der Waals surface area contributed by atoms with Gasteiger partial charge < -0.3 is 9.15 Å². The Morgan fingerprint density at radius 1 is 0.806 bits per heavy atom. The molecular formula is C24H37NO5S. The molecule has 0 aliphatic rings. The van der Waals surface area contributed by atoms with Gasteiger partial charge in [-0.1, -0.05) is 103 Å². The Labute approximate surface area is 189 Å². The van der Waals surface area contributed by atoms with Gasteiger partial charge in [0.05, 0.1) is 17.5 Å². The van der Waals surface area contributed by atoms with E-state index in [1.165, 1.54) is 77.0 Å². The maximum atomic E-state index is 11.9. The summed E-state index contributed by atoms with van der Waals surface area (Å²) < 4.78 is 27.2. The molecule has 0 radical (unpaired) electrons. The number of benzene rings is 1. The van der Waals surface area contributed by atoms with Gasteiger partial charge in [0.1, 0.15) is 0 Å². The summed E-state index contributed by atoms with van der Waals surface area (Å²) >= 11 is -0.750. The van der Waals surface area contributed by atoms with E-state index in [1.807, 2.05) is 6.07 Å². The number of rotatable bonds is 16. The molecule has 0 atom stereocenters. The van der Waals surface area contributed by atoms with E-state index in [9.17, 15) is 4.79 Å². The van der Waals surface area contributed by atoms with Crippen molar-refractivity contribution in [2.24, 2.45) is 0 Å². The lowest BCUT2D eigenvalue weighted by molar-refractivity contribution is 0.211. The fourth-order valence-electron chi connectivity index (χ4n) is 3.52. The molecule has 0 aliphatic heterocycles. The molecule has 2 rings (SSSR count). The molecule has 0 aliphatic carbocycles. The summed E-state index contributed by atoms with van der Waals surface area (Å²) in [6.45, 7) is 2.82. The van der Waals surface area contributed by atoms with Crippen molar-refractivity contribution in [1.82, 2.24) is 4.98 Å². The molecule has 0 saturated carbocycles. The van der Waals surface area contributed by atoms with Crippen LogP contribution in [0.5, 0.6) is 6.08 Å². The normalized spacial score (nSPS) is 10.5. The van der Waals surface area contributed by atoms with Crippen LogP contribution in [0.15, 0.2) is 33.5 Å². The number of hydrogen-bond donors (Lipinski definition) is 0. The van der Waals surface area contributed by atoms with E-state index in [-0.39, 0.29) is 11.7 Å². The lowest BCUT2D eigenvalue weighted by Crippen LogP contribution is -2.06. The smallest absolute Gasteiger partial charge is 0.397 e. The molecule has 6 nitrogen and oxygen atoms in total. The Balaban J connectivity index is 0.00000151. The maximum Gasteiger partial charge on any atom is 0.397 e. The predicted octanol–water partition coefficient (Wildman–Crippen LogP) is 6.38. The van der Waals surface area contributed by atoms with Gasteiger partial charge in [-0.05, 0) is 18.6 Å². The van der Waals surface area contributed by atoms with E-state index in [2.05, 4.69) is 11.9 Å². The summed E-state index contributed by atoms with van der Waals surface area (Å²) in [5.74, 6) is 0. The topological polar surface area (TPSA) is 86.5 Å². The Morgan fingerprint density at radius 3 is 1.84 bits per heavy atom. The molecule has 174 valence electrons. The third-order valence-electron chi connectivity index (χ3n) is 5.24. The van der Waals surface area contributed by atoms with Crippen molar-refractivity contribution in [3.63, 3.8) is 0 Å². The van der Waals surface area contributed by atoms with Crippen molar-refractivity contribution in [3.8, 4) is 6.08 Å². The van der Waals surface area contributed by atoms with Crippen LogP contribution in [0, 0.1) is 0 Å². The van der Waals surface area contributed by atoms with Crippen LogP contribution < -0.4 is 10.4 Å². The van der Waals surface area contributed by atoms with Crippen LogP contribution in [0.3, 0.4) is 0 Å². The van der Waals surface area contributed by atoms with E-state index in [0.717, 1.165) is 12.8 Å². The van der Waals surface area contributed by atoms with Crippen LogP contribution >= 0.6 is 0 Å². The zero-order valence-electron chi connectivity index (χ0n) is 18.8. The Hall–Kier alpha value is -2.02. The first kappa shape index (κ1) is 27.0. The summed E-state index contributed by atoms with van der Waals surface area (Å²) in [5, 5.41) is 0.492. The number of ether oxygens (including phenoxy) is 1. The standard InChI is InChI=1S/C24H37NO3.O2S/c1-2-3-4-5-6-7-8-9-10-11-12-13-14-17-20-27-24-25-22-19-16-15-18-21(22)23(26)28-24;1-3-2/h15-16,18-19H,2-14,17,20H2,1H3;. The van der Waals surface area contributed by atoms with E-state index >= 15 is 0 Å². The van der Waals surface area contributed by atoms with Crippen molar-refractivity contribution in [2.75, 3.05) is 6.61 Å². The first-order valence-corrected chi connectivity index (χ1v) is 12.3. The SMILES string of the molecule is CCCCCCCCCCCCCCCCOc1nc2ccccc2c(=O)o1.O=S=O. The fourth-order valence-corrected chi connectivity index (χ4v) is 3.52. The minimum atomic E-state index is -0.750. The molecule has 0 bridgehead atoms. The van der Waals surface area contributed by atoms with E-state index in [0.29, 0.717) is 17.5 Å². The van der Waals surface area contributed by atoms with Crippen molar-refractivity contribution in [3.05, 3.63) is 34.7 Å². The van der Waals surface area contributed by atoms with Gasteiger partial charge in [-0.15, -0.1) is 0 Å². The third kappa shape index (κ3) is 13.1. The van der Waals surface area contributed by atoms with Crippen LogP contribution in [0.4, 0.5) is 0 Å². The van der Waals surface area contributed by atoms with Crippen LogP contribution in [-0.2, 0) is 11.6 Å². The molecule has 2 aromatic rings. The highest BCUT2D eigenvalue weighted by Gasteiger charge is 2.06. The van der Waals surface area contributed by atoms with Gasteiger partial charge >= 0.3 is 23.3 Å².